The number of hydrogen-bond acceptors (Lipinski definition) is 4. The van der Waals surface area contributed by atoms with E-state index in [2.05, 4.69) is 72.2 Å². The molecule has 0 amide bonds. The molecule has 0 aliphatic heterocycles. The van der Waals surface area contributed by atoms with E-state index < -0.39 is 0 Å². The van der Waals surface area contributed by atoms with Crippen molar-refractivity contribution in [3.63, 3.8) is 0 Å². The van der Waals surface area contributed by atoms with Crippen LogP contribution in [0.1, 0.15) is 0 Å². The number of aromatic nitrogens is 7. The maximum atomic E-state index is 4.83. The van der Waals surface area contributed by atoms with E-state index in [-0.39, 0.29) is 0 Å². The van der Waals surface area contributed by atoms with Crippen LogP contribution < -0.4 is 0 Å². The zero-order valence-electron chi connectivity index (χ0n) is 21.9. The molecular weight excluding hydrogens is 506 g/mol. The third-order valence-corrected chi connectivity index (χ3v) is 7.39. The molecule has 3 aromatic heterocycles. The van der Waals surface area contributed by atoms with Gasteiger partial charge in [-0.2, -0.15) is 0 Å². The van der Waals surface area contributed by atoms with Crippen molar-refractivity contribution in [3.05, 3.63) is 140 Å². The molecule has 0 saturated heterocycles. The number of hydrogen-bond donors (Lipinski definition) is 0. The van der Waals surface area contributed by atoms with Crippen LogP contribution in [0.5, 0.6) is 0 Å². The van der Waals surface area contributed by atoms with Crippen LogP contribution in [0.25, 0.3) is 61.9 Å². The van der Waals surface area contributed by atoms with Crippen molar-refractivity contribution in [2.75, 3.05) is 0 Å². The van der Waals surface area contributed by atoms with Crippen LogP contribution in [-0.2, 0) is 0 Å². The minimum atomic E-state index is 0.741. The number of imidazole rings is 2. The van der Waals surface area contributed by atoms with Gasteiger partial charge in [0.25, 0.3) is 0 Å². The van der Waals surface area contributed by atoms with Crippen LogP contribution in [0.15, 0.2) is 140 Å². The Bertz CT molecular complexity index is 2030. The molecule has 7 heteroatoms. The average molecular weight is 530 g/mol. The zero-order valence-corrected chi connectivity index (χ0v) is 21.9. The lowest BCUT2D eigenvalue weighted by Crippen LogP contribution is -2.04. The maximum absolute atomic E-state index is 4.83. The van der Waals surface area contributed by atoms with Crippen LogP contribution in [0.2, 0.25) is 0 Å². The highest BCUT2D eigenvalue weighted by molar-refractivity contribution is 5.83. The summed E-state index contributed by atoms with van der Waals surface area (Å²) in [4.78, 5) is 9.28. The molecule has 41 heavy (non-hydrogen) atoms. The minimum Gasteiger partial charge on any atom is -0.298 e. The first-order valence-electron chi connectivity index (χ1n) is 13.4. The maximum Gasteiger partial charge on any atom is 0.170 e. The SMILES string of the molecule is c1ccc(-n2c(-c3ccccc3-n3cnc4ccccc43)nnc2-c2ccccc2-n2cnc3ccccc32)cc1. The Kier molecular flexibility index (Phi) is 5.31. The lowest BCUT2D eigenvalue weighted by Gasteiger charge is -2.16. The molecule has 0 aliphatic rings. The lowest BCUT2D eigenvalue weighted by atomic mass is 10.1. The van der Waals surface area contributed by atoms with Gasteiger partial charge in [0.05, 0.1) is 33.4 Å². The van der Waals surface area contributed by atoms with Crippen molar-refractivity contribution in [1.29, 1.82) is 0 Å². The molecule has 3 heterocycles. The topological polar surface area (TPSA) is 66.3 Å². The summed E-state index contributed by atoms with van der Waals surface area (Å²) < 4.78 is 6.36. The van der Waals surface area contributed by atoms with E-state index in [4.69, 9.17) is 10.2 Å². The second-order valence-electron chi connectivity index (χ2n) is 9.76. The van der Waals surface area contributed by atoms with Gasteiger partial charge in [-0.3, -0.25) is 13.7 Å². The van der Waals surface area contributed by atoms with Crippen LogP contribution in [0, 0.1) is 0 Å². The fourth-order valence-electron chi connectivity index (χ4n) is 5.50. The molecule has 0 N–H and O–H groups in total. The molecule has 7 nitrogen and oxygen atoms in total. The molecule has 5 aromatic carbocycles. The average Bonchev–Trinajstić information content (AvgIpc) is 3.78. The van der Waals surface area contributed by atoms with Crippen molar-refractivity contribution in [2.24, 2.45) is 0 Å². The van der Waals surface area contributed by atoms with Gasteiger partial charge >= 0.3 is 0 Å². The molecule has 0 saturated carbocycles. The van der Waals surface area contributed by atoms with Crippen LogP contribution in [0.3, 0.4) is 0 Å². The number of rotatable bonds is 5. The Morgan fingerprint density at radius 1 is 0.415 bits per heavy atom. The van der Waals surface area contributed by atoms with E-state index in [1.807, 2.05) is 91.5 Å². The number of fused-ring (bicyclic) bond motifs is 2. The second kappa shape index (κ2) is 9.43. The Hall–Kier alpha value is -5.82. The number of nitrogens with zero attached hydrogens (tertiary/aromatic N) is 7. The quantitative estimate of drug-likeness (QED) is 0.235. The van der Waals surface area contributed by atoms with Crippen molar-refractivity contribution >= 4 is 22.1 Å². The van der Waals surface area contributed by atoms with Gasteiger partial charge in [0.1, 0.15) is 12.7 Å². The summed E-state index contributed by atoms with van der Waals surface area (Å²) in [6, 6.07) is 43.1. The summed E-state index contributed by atoms with van der Waals surface area (Å²) in [6.07, 6.45) is 3.74. The van der Waals surface area contributed by atoms with Gasteiger partial charge in [-0.25, -0.2) is 9.97 Å². The van der Waals surface area contributed by atoms with Crippen molar-refractivity contribution in [1.82, 2.24) is 33.9 Å². The van der Waals surface area contributed by atoms with Crippen molar-refractivity contribution in [2.45, 2.75) is 0 Å². The smallest absolute Gasteiger partial charge is 0.170 e. The van der Waals surface area contributed by atoms with Gasteiger partial charge in [0, 0.05) is 16.8 Å². The molecule has 0 unspecified atom stereocenters. The molecule has 8 rings (SSSR count). The number of benzene rings is 5. The summed E-state index contributed by atoms with van der Waals surface area (Å²) >= 11 is 0. The van der Waals surface area contributed by atoms with Gasteiger partial charge in [0.2, 0.25) is 0 Å². The molecule has 0 atom stereocenters. The first kappa shape index (κ1) is 23.1. The Balaban J connectivity index is 1.38. The van der Waals surface area contributed by atoms with Crippen molar-refractivity contribution < 1.29 is 0 Å². The largest absolute Gasteiger partial charge is 0.298 e. The monoisotopic (exact) mass is 529 g/mol. The Labute approximate surface area is 235 Å². The molecule has 0 spiro atoms. The van der Waals surface area contributed by atoms with Crippen molar-refractivity contribution in [3.8, 4) is 39.8 Å². The molecule has 0 bridgehead atoms. The predicted octanol–water partition coefficient (Wildman–Crippen LogP) is 7.28. The summed E-state index contributed by atoms with van der Waals surface area (Å²) in [5.74, 6) is 1.48. The summed E-state index contributed by atoms with van der Waals surface area (Å²) in [6.45, 7) is 0. The molecule has 8 aromatic rings. The van der Waals surface area contributed by atoms with E-state index in [0.29, 0.717) is 0 Å². The summed E-state index contributed by atoms with van der Waals surface area (Å²) in [7, 11) is 0. The van der Waals surface area contributed by atoms with Crippen LogP contribution >= 0.6 is 0 Å². The Morgan fingerprint density at radius 3 is 1.39 bits per heavy atom. The van der Waals surface area contributed by atoms with Gasteiger partial charge in [-0.1, -0.05) is 66.7 Å². The van der Waals surface area contributed by atoms with E-state index in [1.165, 1.54) is 0 Å². The Morgan fingerprint density at radius 2 is 0.854 bits per heavy atom. The van der Waals surface area contributed by atoms with Gasteiger partial charge < -0.3 is 0 Å². The molecular formula is C34H23N7. The van der Waals surface area contributed by atoms with Gasteiger partial charge in [-0.15, -0.1) is 10.2 Å². The fourth-order valence-corrected chi connectivity index (χ4v) is 5.50. The number of para-hydroxylation sites is 7. The van der Waals surface area contributed by atoms with E-state index in [9.17, 15) is 0 Å². The predicted molar refractivity (Wildman–Crippen MR) is 161 cm³/mol. The lowest BCUT2D eigenvalue weighted by molar-refractivity contribution is 1.04. The van der Waals surface area contributed by atoms with Gasteiger partial charge in [-0.05, 0) is 60.7 Å². The third-order valence-electron chi connectivity index (χ3n) is 7.39. The van der Waals surface area contributed by atoms with E-state index in [1.54, 1.807) is 0 Å². The minimum absolute atomic E-state index is 0.741. The molecule has 0 aliphatic carbocycles. The first-order chi connectivity index (χ1) is 20.4. The normalized spacial score (nSPS) is 11.4. The molecule has 194 valence electrons. The second-order valence-corrected chi connectivity index (χ2v) is 9.76. The fraction of sp³-hybridized carbons (Fsp3) is 0. The third kappa shape index (κ3) is 3.75. The van der Waals surface area contributed by atoms with Crippen LogP contribution in [-0.4, -0.2) is 33.9 Å². The molecule has 0 fully saturated rings. The van der Waals surface area contributed by atoms with Crippen LogP contribution in [0.4, 0.5) is 0 Å². The molecule has 0 radical (unpaired) electrons. The summed E-state index contributed by atoms with van der Waals surface area (Å²) in [5.41, 5.74) is 8.76. The highest BCUT2D eigenvalue weighted by atomic mass is 15.3. The standard InChI is InChI=1S/C34H23N7/c1-2-12-24(13-3-1)41-33(25-14-4-8-18-29(25)39-22-35-27-16-6-10-20-31(27)39)37-38-34(41)26-15-5-9-19-30(26)40-23-36-28-17-7-11-21-32(28)40/h1-23H. The van der Waals surface area contributed by atoms with E-state index in [0.717, 1.165) is 61.9 Å². The highest BCUT2D eigenvalue weighted by Crippen LogP contribution is 2.35. The summed E-state index contributed by atoms with van der Waals surface area (Å²) in [5, 5.41) is 9.66. The zero-order chi connectivity index (χ0) is 27.2. The van der Waals surface area contributed by atoms with E-state index >= 15 is 0 Å². The first-order valence-corrected chi connectivity index (χ1v) is 13.4. The highest BCUT2D eigenvalue weighted by Gasteiger charge is 2.22. The van der Waals surface area contributed by atoms with Gasteiger partial charge in [0.15, 0.2) is 11.6 Å².